The van der Waals surface area contributed by atoms with Gasteiger partial charge in [0, 0.05) is 50.8 Å². The van der Waals surface area contributed by atoms with Crippen molar-refractivity contribution in [3.05, 3.63) is 48.5 Å². The summed E-state index contributed by atoms with van der Waals surface area (Å²) >= 11 is 0. The molecule has 1 N–H and O–H groups in total. The fraction of sp³-hybridized carbons (Fsp3) is 0.450. The number of para-hydroxylation sites is 1. The van der Waals surface area contributed by atoms with E-state index in [1.807, 2.05) is 31.3 Å². The molecule has 2 aromatic rings. The molecule has 7 nitrogen and oxygen atoms in total. The number of hydrogen-bond acceptors (Lipinski definition) is 4. The third kappa shape index (κ3) is 3.67. The zero-order valence-electron chi connectivity index (χ0n) is 15.4. The van der Waals surface area contributed by atoms with Gasteiger partial charge in [-0.05, 0) is 12.5 Å². The van der Waals surface area contributed by atoms with Gasteiger partial charge in [-0.2, -0.15) is 0 Å². The molecule has 0 unspecified atom stereocenters. The van der Waals surface area contributed by atoms with Crippen LogP contribution in [0.5, 0.6) is 5.75 Å². The van der Waals surface area contributed by atoms with Crippen LogP contribution < -0.4 is 10.1 Å². The number of carbonyl (C=O) groups is 2. The van der Waals surface area contributed by atoms with E-state index in [1.165, 1.54) is 0 Å². The fourth-order valence-corrected chi connectivity index (χ4v) is 3.99. The van der Waals surface area contributed by atoms with Gasteiger partial charge in [0.05, 0.1) is 12.4 Å². The number of amides is 2. The Balaban J connectivity index is 1.56. The SMILES string of the molecule is CN1CC[C@]2(CCC1=O)C[C@H](NC(=O)Cn1ccnc1)c1ccccc1O2. The largest absolute Gasteiger partial charge is 0.487 e. The average Bonchev–Trinajstić information content (AvgIpc) is 3.12. The van der Waals surface area contributed by atoms with Crippen LogP contribution in [0.3, 0.4) is 0 Å². The standard InChI is InChI=1S/C20H24N4O3/c1-23-10-8-20(7-6-19(23)26)12-16(15-4-2-3-5-17(15)27-20)22-18(25)13-24-11-9-21-14-24/h2-5,9,11,14,16H,6-8,10,12-13H2,1H3,(H,22,25)/t16-,20+/m0/s1. The van der Waals surface area contributed by atoms with Gasteiger partial charge in [0.2, 0.25) is 11.8 Å². The first-order chi connectivity index (χ1) is 13.0. The lowest BCUT2D eigenvalue weighted by Crippen LogP contribution is -2.46. The number of benzene rings is 1. The number of nitrogens with one attached hydrogen (secondary N) is 1. The van der Waals surface area contributed by atoms with Crippen molar-refractivity contribution in [2.45, 2.75) is 43.9 Å². The molecule has 2 aliphatic rings. The molecule has 1 aromatic heterocycles. The Kier molecular flexibility index (Phi) is 4.59. The van der Waals surface area contributed by atoms with Crippen LogP contribution in [0.2, 0.25) is 0 Å². The van der Waals surface area contributed by atoms with Gasteiger partial charge < -0.3 is 19.5 Å². The molecule has 27 heavy (non-hydrogen) atoms. The maximum absolute atomic E-state index is 12.6. The van der Waals surface area contributed by atoms with Crippen LogP contribution in [0.1, 0.15) is 37.3 Å². The number of aromatic nitrogens is 2. The van der Waals surface area contributed by atoms with E-state index < -0.39 is 5.60 Å². The molecular weight excluding hydrogens is 344 g/mol. The van der Waals surface area contributed by atoms with Crippen molar-refractivity contribution in [3.63, 3.8) is 0 Å². The smallest absolute Gasteiger partial charge is 0.240 e. The molecule has 3 heterocycles. The first kappa shape index (κ1) is 17.6. The quantitative estimate of drug-likeness (QED) is 0.898. The number of fused-ring (bicyclic) bond motifs is 1. The number of imidazole rings is 1. The van der Waals surface area contributed by atoms with Crippen molar-refractivity contribution < 1.29 is 14.3 Å². The van der Waals surface area contributed by atoms with Gasteiger partial charge in [-0.1, -0.05) is 18.2 Å². The van der Waals surface area contributed by atoms with E-state index in [2.05, 4.69) is 10.3 Å². The molecule has 1 saturated heterocycles. The highest BCUT2D eigenvalue weighted by molar-refractivity contribution is 5.77. The summed E-state index contributed by atoms with van der Waals surface area (Å²) in [5.41, 5.74) is 0.563. The van der Waals surface area contributed by atoms with Crippen LogP contribution in [-0.4, -0.2) is 45.5 Å². The van der Waals surface area contributed by atoms with E-state index in [0.29, 0.717) is 25.8 Å². The topological polar surface area (TPSA) is 76.5 Å². The summed E-state index contributed by atoms with van der Waals surface area (Å²) in [4.78, 5) is 30.4. The normalized spacial score (nSPS) is 24.9. The number of hydrogen-bond donors (Lipinski definition) is 1. The van der Waals surface area contributed by atoms with Gasteiger partial charge in [0.25, 0.3) is 0 Å². The highest BCUT2D eigenvalue weighted by Gasteiger charge is 2.43. The van der Waals surface area contributed by atoms with Crippen LogP contribution >= 0.6 is 0 Å². The zero-order chi connectivity index (χ0) is 18.9. The van der Waals surface area contributed by atoms with Gasteiger partial charge in [0.15, 0.2) is 0 Å². The maximum Gasteiger partial charge on any atom is 0.240 e. The second-order valence-corrected chi connectivity index (χ2v) is 7.45. The van der Waals surface area contributed by atoms with Crippen molar-refractivity contribution >= 4 is 11.8 Å². The lowest BCUT2D eigenvalue weighted by atomic mass is 9.82. The molecule has 0 bridgehead atoms. The lowest BCUT2D eigenvalue weighted by Gasteiger charge is -2.42. The first-order valence-corrected chi connectivity index (χ1v) is 9.32. The van der Waals surface area contributed by atoms with Gasteiger partial charge >= 0.3 is 0 Å². The molecule has 142 valence electrons. The van der Waals surface area contributed by atoms with E-state index >= 15 is 0 Å². The number of carbonyl (C=O) groups excluding carboxylic acids is 2. The monoisotopic (exact) mass is 368 g/mol. The van der Waals surface area contributed by atoms with Crippen LogP contribution in [0, 0.1) is 0 Å². The summed E-state index contributed by atoms with van der Waals surface area (Å²) in [6.45, 7) is 0.893. The van der Waals surface area contributed by atoms with E-state index in [9.17, 15) is 9.59 Å². The molecule has 0 aliphatic carbocycles. The molecule has 0 radical (unpaired) electrons. The van der Waals surface area contributed by atoms with Gasteiger partial charge in [-0.25, -0.2) is 4.98 Å². The van der Waals surface area contributed by atoms with Crippen molar-refractivity contribution in [3.8, 4) is 5.75 Å². The Hall–Kier alpha value is -2.83. The molecule has 2 amide bonds. The molecule has 4 rings (SSSR count). The molecule has 1 aromatic carbocycles. The second-order valence-electron chi connectivity index (χ2n) is 7.45. The van der Waals surface area contributed by atoms with Crippen molar-refractivity contribution in [2.75, 3.05) is 13.6 Å². The van der Waals surface area contributed by atoms with Gasteiger partial charge in [0.1, 0.15) is 17.9 Å². The minimum Gasteiger partial charge on any atom is -0.487 e. The van der Waals surface area contributed by atoms with Crippen LogP contribution in [0.25, 0.3) is 0 Å². The Morgan fingerprint density at radius 3 is 3.04 bits per heavy atom. The van der Waals surface area contributed by atoms with Crippen LogP contribution in [0.4, 0.5) is 0 Å². The number of ether oxygens (including phenoxy) is 1. The summed E-state index contributed by atoms with van der Waals surface area (Å²) < 4.78 is 8.15. The summed E-state index contributed by atoms with van der Waals surface area (Å²) in [5, 5.41) is 3.16. The molecule has 2 aliphatic heterocycles. The van der Waals surface area contributed by atoms with Crippen LogP contribution in [0.15, 0.2) is 43.0 Å². The lowest BCUT2D eigenvalue weighted by molar-refractivity contribution is -0.129. The van der Waals surface area contributed by atoms with Gasteiger partial charge in [-0.3, -0.25) is 9.59 Å². The van der Waals surface area contributed by atoms with E-state index in [0.717, 1.165) is 17.7 Å². The highest BCUT2D eigenvalue weighted by Crippen LogP contribution is 2.44. The second kappa shape index (κ2) is 7.06. The van der Waals surface area contributed by atoms with Crippen molar-refractivity contribution in [1.29, 1.82) is 0 Å². The number of nitrogens with zero attached hydrogens (tertiary/aromatic N) is 3. The Morgan fingerprint density at radius 2 is 2.22 bits per heavy atom. The predicted octanol–water partition coefficient (Wildman–Crippen LogP) is 1.90. The Morgan fingerprint density at radius 1 is 1.37 bits per heavy atom. The van der Waals surface area contributed by atoms with Crippen molar-refractivity contribution in [2.24, 2.45) is 0 Å². The fourth-order valence-electron chi connectivity index (χ4n) is 3.99. The molecule has 1 spiro atoms. The van der Waals surface area contributed by atoms with Gasteiger partial charge in [-0.15, -0.1) is 0 Å². The summed E-state index contributed by atoms with van der Waals surface area (Å²) in [7, 11) is 1.84. The molecule has 1 fully saturated rings. The molecule has 0 saturated carbocycles. The van der Waals surface area contributed by atoms with E-state index in [4.69, 9.17) is 4.74 Å². The predicted molar refractivity (Wildman–Crippen MR) is 99.0 cm³/mol. The summed E-state index contributed by atoms with van der Waals surface area (Å²) in [5.74, 6) is 0.885. The average molecular weight is 368 g/mol. The van der Waals surface area contributed by atoms with Crippen LogP contribution in [-0.2, 0) is 16.1 Å². The molecule has 2 atom stereocenters. The first-order valence-electron chi connectivity index (χ1n) is 9.32. The highest BCUT2D eigenvalue weighted by atomic mass is 16.5. The molecule has 7 heteroatoms. The molecular formula is C20H24N4O3. The third-order valence-electron chi connectivity index (χ3n) is 5.54. The van der Waals surface area contributed by atoms with E-state index in [1.54, 1.807) is 28.2 Å². The minimum absolute atomic E-state index is 0.0633. The Bertz CT molecular complexity index is 836. The summed E-state index contributed by atoms with van der Waals surface area (Å²) in [6.07, 6.45) is 7.62. The Labute approximate surface area is 158 Å². The number of rotatable bonds is 3. The zero-order valence-corrected chi connectivity index (χ0v) is 15.4. The number of likely N-dealkylation sites (tertiary alicyclic amines) is 1. The summed E-state index contributed by atoms with van der Waals surface area (Å²) in [6, 6.07) is 7.71. The van der Waals surface area contributed by atoms with Crippen molar-refractivity contribution in [1.82, 2.24) is 19.8 Å². The maximum atomic E-state index is 12.6. The minimum atomic E-state index is -0.429. The van der Waals surface area contributed by atoms with E-state index in [-0.39, 0.29) is 24.4 Å². The third-order valence-corrected chi connectivity index (χ3v) is 5.54.